The Balaban J connectivity index is 1.60. The summed E-state index contributed by atoms with van der Waals surface area (Å²) in [5.41, 5.74) is 10.8. The second kappa shape index (κ2) is 8.70. The predicted molar refractivity (Wildman–Crippen MR) is 132 cm³/mol. The summed E-state index contributed by atoms with van der Waals surface area (Å²) in [5.74, 6) is 0.0888. The summed E-state index contributed by atoms with van der Waals surface area (Å²) in [6, 6.07) is 18.3. The van der Waals surface area contributed by atoms with E-state index in [1.807, 2.05) is 24.5 Å². The molecule has 1 aliphatic carbocycles. The molecule has 1 aliphatic rings. The lowest BCUT2D eigenvalue weighted by Gasteiger charge is -2.17. The van der Waals surface area contributed by atoms with Crippen LogP contribution < -0.4 is 0 Å². The van der Waals surface area contributed by atoms with Crippen molar-refractivity contribution in [3.63, 3.8) is 0 Å². The van der Waals surface area contributed by atoms with Gasteiger partial charge in [-0.2, -0.15) is 0 Å². The number of carboxylic acids is 1. The zero-order valence-electron chi connectivity index (χ0n) is 19.1. The van der Waals surface area contributed by atoms with Crippen molar-refractivity contribution in [3.8, 4) is 22.5 Å². The Morgan fingerprint density at radius 1 is 1.06 bits per heavy atom. The van der Waals surface area contributed by atoms with Gasteiger partial charge in [-0.15, -0.1) is 0 Å². The summed E-state index contributed by atoms with van der Waals surface area (Å²) in [6.45, 7) is 5.08. The molecule has 0 spiro atoms. The summed E-state index contributed by atoms with van der Waals surface area (Å²) in [5, 5.41) is 9.19. The molecule has 0 fully saturated rings. The molecule has 0 atom stereocenters. The molecular formula is C29H28N2O2. The molecule has 5 rings (SSSR count). The van der Waals surface area contributed by atoms with Gasteiger partial charge < -0.3 is 9.67 Å². The quantitative estimate of drug-likeness (QED) is 0.316. The largest absolute Gasteiger partial charge is 0.478 e. The number of carboxylic acid groups (broad SMARTS) is 1. The highest BCUT2D eigenvalue weighted by Crippen LogP contribution is 2.44. The predicted octanol–water partition coefficient (Wildman–Crippen LogP) is 6.52. The van der Waals surface area contributed by atoms with E-state index in [9.17, 15) is 9.90 Å². The van der Waals surface area contributed by atoms with Gasteiger partial charge in [-0.3, -0.25) is 0 Å². The molecule has 166 valence electrons. The molecule has 1 aromatic heterocycles. The Kier molecular flexibility index (Phi) is 5.59. The van der Waals surface area contributed by atoms with Crippen LogP contribution in [-0.2, 0) is 19.4 Å². The first-order chi connectivity index (χ1) is 16.1. The molecule has 33 heavy (non-hydrogen) atoms. The summed E-state index contributed by atoms with van der Waals surface area (Å²) >= 11 is 0. The highest BCUT2D eigenvalue weighted by atomic mass is 16.4. The average Bonchev–Trinajstić information content (AvgIpc) is 3.42. The summed E-state index contributed by atoms with van der Waals surface area (Å²) in [7, 11) is 0. The van der Waals surface area contributed by atoms with Gasteiger partial charge in [-0.1, -0.05) is 55.8 Å². The lowest BCUT2D eigenvalue weighted by atomic mass is 9.92. The first-order valence-electron chi connectivity index (χ1n) is 11.6. The molecule has 4 nitrogen and oxygen atoms in total. The summed E-state index contributed by atoms with van der Waals surface area (Å²) in [4.78, 5) is 16.0. The Labute approximate surface area is 194 Å². The number of aromatic nitrogens is 2. The SMILES string of the molecule is CCCCc1ccc2c(c1-c1nccn1Cc1ccc(C(=O)O)cc1)Cc1cccc(C)c1-2. The number of benzene rings is 3. The fraction of sp³-hybridized carbons (Fsp3) is 0.241. The van der Waals surface area contributed by atoms with Crippen molar-refractivity contribution in [3.05, 3.63) is 100 Å². The number of hydrogen-bond acceptors (Lipinski definition) is 2. The van der Waals surface area contributed by atoms with E-state index < -0.39 is 5.97 Å². The van der Waals surface area contributed by atoms with Crippen molar-refractivity contribution in [2.45, 2.75) is 46.1 Å². The van der Waals surface area contributed by atoms with Crippen LogP contribution in [-0.4, -0.2) is 20.6 Å². The molecule has 3 aromatic carbocycles. The Bertz CT molecular complexity index is 1330. The maximum Gasteiger partial charge on any atom is 0.335 e. The van der Waals surface area contributed by atoms with Crippen molar-refractivity contribution in [2.24, 2.45) is 0 Å². The lowest BCUT2D eigenvalue weighted by Crippen LogP contribution is -2.06. The minimum atomic E-state index is -0.903. The van der Waals surface area contributed by atoms with Crippen LogP contribution in [0.4, 0.5) is 0 Å². The fourth-order valence-corrected chi connectivity index (χ4v) is 5.03. The lowest BCUT2D eigenvalue weighted by molar-refractivity contribution is 0.0697. The molecule has 0 radical (unpaired) electrons. The van der Waals surface area contributed by atoms with E-state index in [0.29, 0.717) is 12.1 Å². The highest BCUT2D eigenvalue weighted by molar-refractivity contribution is 5.88. The number of fused-ring (bicyclic) bond motifs is 3. The van der Waals surface area contributed by atoms with Crippen molar-refractivity contribution >= 4 is 5.97 Å². The molecule has 0 unspecified atom stereocenters. The summed E-state index contributed by atoms with van der Waals surface area (Å²) in [6.07, 6.45) is 8.17. The van der Waals surface area contributed by atoms with E-state index >= 15 is 0 Å². The third-order valence-corrected chi connectivity index (χ3v) is 6.69. The van der Waals surface area contributed by atoms with Gasteiger partial charge in [0.2, 0.25) is 0 Å². The number of aromatic carboxylic acids is 1. The van der Waals surface area contributed by atoms with Crippen molar-refractivity contribution < 1.29 is 9.90 Å². The van der Waals surface area contributed by atoms with Crippen molar-refractivity contribution in [1.82, 2.24) is 9.55 Å². The average molecular weight is 437 g/mol. The molecular weight excluding hydrogens is 408 g/mol. The van der Waals surface area contributed by atoms with Crippen LogP contribution in [0, 0.1) is 6.92 Å². The minimum absolute atomic E-state index is 0.306. The van der Waals surface area contributed by atoms with E-state index in [0.717, 1.165) is 37.1 Å². The van der Waals surface area contributed by atoms with Gasteiger partial charge in [-0.25, -0.2) is 9.78 Å². The first-order valence-corrected chi connectivity index (χ1v) is 11.6. The van der Waals surface area contributed by atoms with E-state index in [2.05, 4.69) is 48.7 Å². The van der Waals surface area contributed by atoms with Gasteiger partial charge in [0.05, 0.1) is 5.56 Å². The fourth-order valence-electron chi connectivity index (χ4n) is 5.03. The number of aryl methyl sites for hydroxylation is 2. The normalized spacial score (nSPS) is 11.9. The maximum atomic E-state index is 11.2. The standard InChI is InChI=1S/C29H28N2O2/c1-3-4-7-21-13-14-24-25(17-23-8-5-6-19(2)26(23)24)27(21)28-30-15-16-31(28)18-20-9-11-22(12-10-20)29(32)33/h5-6,8-16H,3-4,7,17-18H2,1-2H3,(H,32,33). The topological polar surface area (TPSA) is 55.1 Å². The number of imidazole rings is 1. The van der Waals surface area contributed by atoms with Gasteiger partial charge in [-0.05, 0) is 77.3 Å². The third-order valence-electron chi connectivity index (χ3n) is 6.69. The monoisotopic (exact) mass is 436 g/mol. The zero-order chi connectivity index (χ0) is 22.9. The van der Waals surface area contributed by atoms with Gasteiger partial charge in [0.15, 0.2) is 0 Å². The van der Waals surface area contributed by atoms with Gasteiger partial charge >= 0.3 is 5.97 Å². The summed E-state index contributed by atoms with van der Waals surface area (Å²) < 4.78 is 2.19. The van der Waals surface area contributed by atoms with Crippen molar-refractivity contribution in [1.29, 1.82) is 0 Å². The minimum Gasteiger partial charge on any atom is -0.478 e. The molecule has 4 aromatic rings. The number of hydrogen-bond donors (Lipinski definition) is 1. The van der Waals surface area contributed by atoms with E-state index in [4.69, 9.17) is 4.98 Å². The second-order valence-electron chi connectivity index (χ2n) is 8.90. The molecule has 0 saturated carbocycles. The van der Waals surface area contributed by atoms with Crippen LogP contribution in [0.3, 0.4) is 0 Å². The first kappa shape index (κ1) is 21.2. The van der Waals surface area contributed by atoms with E-state index in [-0.39, 0.29) is 0 Å². The molecule has 0 aliphatic heterocycles. The number of carbonyl (C=O) groups is 1. The Hall–Kier alpha value is -3.66. The smallest absolute Gasteiger partial charge is 0.335 e. The molecule has 0 saturated heterocycles. The van der Waals surface area contributed by atoms with Gasteiger partial charge in [0.1, 0.15) is 5.82 Å². The second-order valence-corrected chi connectivity index (χ2v) is 8.90. The highest BCUT2D eigenvalue weighted by Gasteiger charge is 2.26. The maximum absolute atomic E-state index is 11.2. The number of unbranched alkanes of at least 4 members (excludes halogenated alkanes) is 1. The van der Waals surface area contributed by atoms with Crippen LogP contribution in [0.1, 0.15) is 57.9 Å². The zero-order valence-corrected chi connectivity index (χ0v) is 19.1. The Morgan fingerprint density at radius 2 is 1.88 bits per heavy atom. The molecule has 4 heteroatoms. The van der Waals surface area contributed by atoms with Gasteiger partial charge in [0.25, 0.3) is 0 Å². The van der Waals surface area contributed by atoms with E-state index in [1.54, 1.807) is 12.1 Å². The molecule has 0 bridgehead atoms. The van der Waals surface area contributed by atoms with Crippen LogP contribution in [0.15, 0.2) is 67.0 Å². The number of nitrogens with zero attached hydrogens (tertiary/aromatic N) is 2. The van der Waals surface area contributed by atoms with Crippen LogP contribution in [0.2, 0.25) is 0 Å². The van der Waals surface area contributed by atoms with Gasteiger partial charge in [0, 0.05) is 24.5 Å². The molecule has 0 amide bonds. The van der Waals surface area contributed by atoms with Crippen LogP contribution >= 0.6 is 0 Å². The Morgan fingerprint density at radius 3 is 2.64 bits per heavy atom. The van der Waals surface area contributed by atoms with Crippen LogP contribution in [0.25, 0.3) is 22.5 Å². The molecule has 1 N–H and O–H groups in total. The molecule has 1 heterocycles. The number of rotatable bonds is 7. The van der Waals surface area contributed by atoms with E-state index in [1.165, 1.54) is 38.9 Å². The van der Waals surface area contributed by atoms with Crippen LogP contribution in [0.5, 0.6) is 0 Å². The van der Waals surface area contributed by atoms with Crippen molar-refractivity contribution in [2.75, 3.05) is 0 Å². The third kappa shape index (κ3) is 3.86.